The summed E-state index contributed by atoms with van der Waals surface area (Å²) in [6.07, 6.45) is 0.997. The molecule has 1 amide bonds. The number of hydrogen-bond donors (Lipinski definition) is 2. The lowest BCUT2D eigenvalue weighted by molar-refractivity contribution is -0.119. The Hall–Kier alpha value is -2.81. The number of benzene rings is 1. The third-order valence-electron chi connectivity index (χ3n) is 4.44. The summed E-state index contributed by atoms with van der Waals surface area (Å²) in [5.74, 6) is 6.62. The van der Waals surface area contributed by atoms with E-state index in [2.05, 4.69) is 39.7 Å². The van der Waals surface area contributed by atoms with Crippen molar-refractivity contribution in [2.75, 3.05) is 11.6 Å². The smallest absolute Gasteiger partial charge is 0.271 e. The summed E-state index contributed by atoms with van der Waals surface area (Å²) in [5, 5.41) is 16.0. The first kappa shape index (κ1) is 19.9. The van der Waals surface area contributed by atoms with Crippen molar-refractivity contribution in [3.63, 3.8) is 0 Å². The second kappa shape index (κ2) is 8.47. The summed E-state index contributed by atoms with van der Waals surface area (Å²) < 4.78 is 2.98. The SMILES string of the molecule is CCc1ccc([C@@H](C)NC(=O)CSc2nnc(-n3nc(C)cc3C)n2N)cc1. The molecule has 3 rings (SSSR count). The predicted molar refractivity (Wildman–Crippen MR) is 110 cm³/mol. The van der Waals surface area contributed by atoms with Gasteiger partial charge in [-0.2, -0.15) is 5.10 Å². The topological polar surface area (TPSA) is 104 Å². The van der Waals surface area contributed by atoms with Gasteiger partial charge in [0.25, 0.3) is 5.95 Å². The van der Waals surface area contributed by atoms with E-state index in [0.29, 0.717) is 11.1 Å². The molecule has 148 valence electrons. The highest BCUT2D eigenvalue weighted by atomic mass is 32.2. The number of thioether (sulfide) groups is 1. The van der Waals surface area contributed by atoms with Crippen molar-refractivity contribution < 1.29 is 4.79 Å². The number of amides is 1. The second-order valence-electron chi connectivity index (χ2n) is 6.66. The van der Waals surface area contributed by atoms with Gasteiger partial charge in [0.1, 0.15) is 0 Å². The Balaban J connectivity index is 1.59. The van der Waals surface area contributed by atoms with E-state index in [1.165, 1.54) is 22.0 Å². The van der Waals surface area contributed by atoms with Crippen LogP contribution in [0.1, 0.15) is 42.4 Å². The molecule has 3 N–H and O–H groups in total. The van der Waals surface area contributed by atoms with Crippen molar-refractivity contribution >= 4 is 17.7 Å². The maximum absolute atomic E-state index is 12.3. The lowest BCUT2D eigenvalue weighted by Crippen LogP contribution is -2.28. The molecule has 3 aromatic rings. The van der Waals surface area contributed by atoms with Gasteiger partial charge in [-0.15, -0.1) is 10.2 Å². The molecule has 2 aromatic heterocycles. The van der Waals surface area contributed by atoms with E-state index in [9.17, 15) is 4.79 Å². The zero-order chi connectivity index (χ0) is 20.3. The zero-order valence-electron chi connectivity index (χ0n) is 16.5. The number of nitrogen functional groups attached to an aromatic ring is 1. The van der Waals surface area contributed by atoms with Crippen molar-refractivity contribution in [2.45, 2.75) is 45.3 Å². The molecule has 0 fully saturated rings. The van der Waals surface area contributed by atoms with E-state index in [4.69, 9.17) is 5.84 Å². The van der Waals surface area contributed by atoms with Gasteiger partial charge in [0.05, 0.1) is 17.5 Å². The summed E-state index contributed by atoms with van der Waals surface area (Å²) in [4.78, 5) is 12.3. The van der Waals surface area contributed by atoms with Crippen molar-refractivity contribution in [2.24, 2.45) is 0 Å². The highest BCUT2D eigenvalue weighted by Crippen LogP contribution is 2.18. The summed E-state index contributed by atoms with van der Waals surface area (Å²) in [6.45, 7) is 7.91. The van der Waals surface area contributed by atoms with Gasteiger partial charge in [0.2, 0.25) is 11.1 Å². The van der Waals surface area contributed by atoms with Gasteiger partial charge in [0.15, 0.2) is 0 Å². The summed E-state index contributed by atoms with van der Waals surface area (Å²) in [5.41, 5.74) is 4.13. The molecule has 8 nitrogen and oxygen atoms in total. The predicted octanol–water partition coefficient (Wildman–Crippen LogP) is 2.33. The van der Waals surface area contributed by atoms with Crippen LogP contribution in [0.4, 0.5) is 0 Å². The molecule has 1 aromatic carbocycles. The molecular formula is C19H25N7OS. The van der Waals surface area contributed by atoms with Crippen molar-refractivity contribution in [3.05, 3.63) is 52.8 Å². The number of carbonyl (C=O) groups excluding carboxylic acids is 1. The number of carbonyl (C=O) groups is 1. The van der Waals surface area contributed by atoms with Crippen molar-refractivity contribution in [3.8, 4) is 5.95 Å². The van der Waals surface area contributed by atoms with Gasteiger partial charge in [-0.25, -0.2) is 9.36 Å². The van der Waals surface area contributed by atoms with Crippen LogP contribution in [0, 0.1) is 13.8 Å². The summed E-state index contributed by atoms with van der Waals surface area (Å²) in [7, 11) is 0. The first-order valence-electron chi connectivity index (χ1n) is 9.14. The van der Waals surface area contributed by atoms with Crippen LogP contribution in [-0.2, 0) is 11.2 Å². The Morgan fingerprint density at radius 1 is 1.25 bits per heavy atom. The van der Waals surface area contributed by atoms with Gasteiger partial charge in [-0.1, -0.05) is 43.0 Å². The fourth-order valence-electron chi connectivity index (χ4n) is 2.88. The molecule has 0 unspecified atom stereocenters. The van der Waals surface area contributed by atoms with Crippen molar-refractivity contribution in [1.82, 2.24) is 30.0 Å². The molecule has 0 aliphatic rings. The van der Waals surface area contributed by atoms with E-state index in [1.807, 2.05) is 39.0 Å². The summed E-state index contributed by atoms with van der Waals surface area (Å²) >= 11 is 1.24. The lowest BCUT2D eigenvalue weighted by Gasteiger charge is -2.14. The number of nitrogens with one attached hydrogen (secondary N) is 1. The third-order valence-corrected chi connectivity index (χ3v) is 5.39. The van der Waals surface area contributed by atoms with Gasteiger partial charge >= 0.3 is 0 Å². The molecule has 1 atom stereocenters. The maximum Gasteiger partial charge on any atom is 0.271 e. The molecule has 0 spiro atoms. The Morgan fingerprint density at radius 2 is 1.96 bits per heavy atom. The van der Waals surface area contributed by atoms with Crippen molar-refractivity contribution in [1.29, 1.82) is 0 Å². The van der Waals surface area contributed by atoms with Crippen LogP contribution in [0.2, 0.25) is 0 Å². The quantitative estimate of drug-likeness (QED) is 0.467. The summed E-state index contributed by atoms with van der Waals surface area (Å²) in [6, 6.07) is 10.1. The zero-order valence-corrected chi connectivity index (χ0v) is 17.3. The van der Waals surface area contributed by atoms with E-state index in [-0.39, 0.29) is 17.7 Å². The van der Waals surface area contributed by atoms with Gasteiger partial charge in [-0.05, 0) is 44.4 Å². The van der Waals surface area contributed by atoms with Crippen LogP contribution in [0.25, 0.3) is 5.95 Å². The minimum Gasteiger partial charge on any atom is -0.349 e. The minimum absolute atomic E-state index is 0.0694. The van der Waals surface area contributed by atoms with Crippen LogP contribution in [-0.4, -0.2) is 36.3 Å². The molecular weight excluding hydrogens is 374 g/mol. The van der Waals surface area contributed by atoms with Crippen LogP contribution >= 0.6 is 11.8 Å². The van der Waals surface area contributed by atoms with Crippen LogP contribution in [0.15, 0.2) is 35.5 Å². The highest BCUT2D eigenvalue weighted by molar-refractivity contribution is 7.99. The normalized spacial score (nSPS) is 12.1. The average Bonchev–Trinajstić information content (AvgIpc) is 3.20. The number of hydrogen-bond acceptors (Lipinski definition) is 6. The largest absolute Gasteiger partial charge is 0.349 e. The maximum atomic E-state index is 12.3. The standard InChI is InChI=1S/C19H25N7OS/c1-5-15-6-8-16(9-7-15)14(4)21-17(27)11-28-19-23-22-18(25(19)20)26-13(3)10-12(2)24-26/h6-10,14H,5,11,20H2,1-4H3,(H,21,27)/t14-/m1/s1. The molecule has 0 aliphatic heterocycles. The minimum atomic E-state index is -0.0901. The molecule has 2 heterocycles. The first-order chi connectivity index (χ1) is 13.4. The van der Waals surface area contributed by atoms with Gasteiger partial charge in [-0.3, -0.25) is 4.79 Å². The molecule has 28 heavy (non-hydrogen) atoms. The number of rotatable bonds is 7. The number of aryl methyl sites for hydroxylation is 3. The van der Waals surface area contributed by atoms with Crippen LogP contribution in [0.5, 0.6) is 0 Å². The molecule has 0 aliphatic carbocycles. The molecule has 0 saturated carbocycles. The van der Waals surface area contributed by atoms with E-state index >= 15 is 0 Å². The Kier molecular flexibility index (Phi) is 6.03. The fourth-order valence-corrected chi connectivity index (χ4v) is 3.55. The van der Waals surface area contributed by atoms with Gasteiger partial charge in [0, 0.05) is 5.69 Å². The monoisotopic (exact) mass is 399 g/mol. The average molecular weight is 400 g/mol. The van der Waals surface area contributed by atoms with E-state index < -0.39 is 0 Å². The number of aromatic nitrogens is 5. The Morgan fingerprint density at radius 3 is 2.57 bits per heavy atom. The third kappa shape index (κ3) is 4.36. The molecule has 0 radical (unpaired) electrons. The highest BCUT2D eigenvalue weighted by Gasteiger charge is 2.17. The van der Waals surface area contributed by atoms with E-state index in [0.717, 1.165) is 23.4 Å². The fraction of sp³-hybridized carbons (Fsp3) is 0.368. The molecule has 9 heteroatoms. The lowest BCUT2D eigenvalue weighted by atomic mass is 10.1. The Labute approximate surface area is 168 Å². The second-order valence-corrected chi connectivity index (χ2v) is 7.61. The first-order valence-corrected chi connectivity index (χ1v) is 10.1. The van der Waals surface area contributed by atoms with E-state index in [1.54, 1.807) is 4.68 Å². The van der Waals surface area contributed by atoms with Gasteiger partial charge < -0.3 is 11.2 Å². The number of nitrogens with zero attached hydrogens (tertiary/aromatic N) is 5. The molecule has 0 saturated heterocycles. The Bertz CT molecular complexity index is 961. The number of nitrogens with two attached hydrogens (primary N) is 1. The molecule has 0 bridgehead atoms. The van der Waals surface area contributed by atoms with Crippen LogP contribution < -0.4 is 11.2 Å². The van der Waals surface area contributed by atoms with Crippen LogP contribution in [0.3, 0.4) is 0 Å².